The minimum Gasteiger partial charge on any atom is -0.478 e. The number of hydrogen-bond acceptors (Lipinski definition) is 4. The Morgan fingerprint density at radius 1 is 1.47 bits per heavy atom. The van der Waals surface area contributed by atoms with Gasteiger partial charge in [-0.1, -0.05) is 0 Å². The zero-order valence-corrected chi connectivity index (χ0v) is 10.7. The van der Waals surface area contributed by atoms with E-state index in [-0.39, 0.29) is 11.5 Å². The average Bonchev–Trinajstić information content (AvgIpc) is 2.56. The van der Waals surface area contributed by atoms with Crippen molar-refractivity contribution < 1.29 is 18.9 Å². The molecule has 0 aliphatic carbocycles. The molecule has 1 aromatic heterocycles. The number of fused-ring (bicyclic) bond motifs is 1. The van der Waals surface area contributed by atoms with Crippen LogP contribution in [0.3, 0.4) is 0 Å². The van der Waals surface area contributed by atoms with Gasteiger partial charge >= 0.3 is 5.97 Å². The number of hydrogen-bond donors (Lipinski definition) is 2. The summed E-state index contributed by atoms with van der Waals surface area (Å²) in [4.78, 5) is 22.2. The summed E-state index contributed by atoms with van der Waals surface area (Å²) in [5, 5.41) is 12.0. The van der Waals surface area contributed by atoms with Gasteiger partial charge in [0.2, 0.25) is 5.91 Å². The Labute approximate surface area is 104 Å². The van der Waals surface area contributed by atoms with Crippen molar-refractivity contribution in [2.75, 3.05) is 11.1 Å². The molecule has 0 fully saturated rings. The number of carboxylic acids is 1. The van der Waals surface area contributed by atoms with Gasteiger partial charge in [-0.15, -0.1) is 11.3 Å². The summed E-state index contributed by atoms with van der Waals surface area (Å²) in [6.07, 6.45) is 1.33. The third-order valence-corrected chi connectivity index (χ3v) is 5.51. The molecule has 0 radical (unpaired) electrons. The van der Waals surface area contributed by atoms with Crippen LogP contribution in [0.25, 0.3) is 0 Å². The topological polar surface area (TPSA) is 83.5 Å². The summed E-state index contributed by atoms with van der Waals surface area (Å²) in [7, 11) is -1.13. The second kappa shape index (κ2) is 4.58. The molecule has 0 saturated heterocycles. The van der Waals surface area contributed by atoms with Crippen LogP contribution in [0.15, 0.2) is 4.21 Å². The van der Waals surface area contributed by atoms with Crippen LogP contribution < -0.4 is 5.32 Å². The lowest BCUT2D eigenvalue weighted by Crippen LogP contribution is -2.12. The van der Waals surface area contributed by atoms with E-state index in [0.29, 0.717) is 26.9 Å². The van der Waals surface area contributed by atoms with Gasteiger partial charge in [0.15, 0.2) is 0 Å². The van der Waals surface area contributed by atoms with Crippen LogP contribution in [-0.4, -0.2) is 26.9 Å². The van der Waals surface area contributed by atoms with Crippen molar-refractivity contribution >= 4 is 39.0 Å². The molecule has 0 aromatic carbocycles. The molecule has 2 rings (SSSR count). The molecular weight excluding hydrogens is 262 g/mol. The summed E-state index contributed by atoms with van der Waals surface area (Å²) in [5.74, 6) is -0.839. The standard InChI is InChI=1S/C10H11NO4S2/c1-5(12)11-8-7(9(13)14)6-3-2-4-17(15)10(6)16-8/h2-4H2,1H3,(H,11,12)(H,13,14). The third-order valence-electron chi connectivity index (χ3n) is 2.44. The van der Waals surface area contributed by atoms with Crippen molar-refractivity contribution in [2.45, 2.75) is 24.0 Å². The average molecular weight is 273 g/mol. The van der Waals surface area contributed by atoms with Crippen LogP contribution in [0.2, 0.25) is 0 Å². The van der Waals surface area contributed by atoms with E-state index in [1.807, 2.05) is 0 Å². The van der Waals surface area contributed by atoms with Crippen molar-refractivity contribution in [1.82, 2.24) is 0 Å². The number of carbonyl (C=O) groups is 2. The normalized spacial score (nSPS) is 18.5. The molecule has 5 nitrogen and oxygen atoms in total. The molecule has 0 bridgehead atoms. The highest BCUT2D eigenvalue weighted by Gasteiger charge is 2.28. The predicted molar refractivity (Wildman–Crippen MR) is 65.2 cm³/mol. The van der Waals surface area contributed by atoms with Crippen molar-refractivity contribution in [3.8, 4) is 0 Å². The number of anilines is 1. The zero-order valence-electron chi connectivity index (χ0n) is 9.11. The number of amides is 1. The SMILES string of the molecule is CC(=O)Nc1sc2c(c1C(=O)O)CCCS2=O. The van der Waals surface area contributed by atoms with E-state index in [1.165, 1.54) is 6.92 Å². The molecule has 0 saturated carbocycles. The lowest BCUT2D eigenvalue weighted by Gasteiger charge is -2.10. The lowest BCUT2D eigenvalue weighted by molar-refractivity contribution is -0.114. The second-order valence-electron chi connectivity index (χ2n) is 3.71. The Hall–Kier alpha value is -1.21. The number of aromatic carboxylic acids is 1. The Balaban J connectivity index is 2.56. The predicted octanol–water partition coefficient (Wildman–Crippen LogP) is 1.46. The number of nitrogens with one attached hydrogen (secondary N) is 1. The molecule has 1 unspecified atom stereocenters. The van der Waals surface area contributed by atoms with Crippen LogP contribution in [0.4, 0.5) is 5.00 Å². The van der Waals surface area contributed by atoms with Gasteiger partial charge in [-0.3, -0.25) is 9.00 Å². The third kappa shape index (κ3) is 2.25. The highest BCUT2D eigenvalue weighted by Crippen LogP contribution is 2.39. The fraction of sp³-hybridized carbons (Fsp3) is 0.400. The number of carbonyl (C=O) groups excluding carboxylic acids is 1. The number of rotatable bonds is 2. The van der Waals surface area contributed by atoms with Gasteiger partial charge in [-0.2, -0.15) is 0 Å². The van der Waals surface area contributed by atoms with E-state index in [9.17, 15) is 13.8 Å². The molecule has 2 N–H and O–H groups in total. The van der Waals surface area contributed by atoms with E-state index < -0.39 is 16.8 Å². The molecular formula is C10H11NO4S2. The van der Waals surface area contributed by atoms with Crippen LogP contribution >= 0.6 is 11.3 Å². The van der Waals surface area contributed by atoms with Crippen molar-refractivity contribution in [1.29, 1.82) is 0 Å². The first kappa shape index (κ1) is 12.3. The second-order valence-corrected chi connectivity index (χ2v) is 6.50. The van der Waals surface area contributed by atoms with Crippen molar-refractivity contribution in [2.24, 2.45) is 0 Å². The van der Waals surface area contributed by atoms with Gasteiger partial charge in [0.25, 0.3) is 0 Å². The van der Waals surface area contributed by atoms with Gasteiger partial charge in [0.05, 0.1) is 20.6 Å². The zero-order chi connectivity index (χ0) is 12.6. The lowest BCUT2D eigenvalue weighted by atomic mass is 10.1. The van der Waals surface area contributed by atoms with Crippen LogP contribution in [-0.2, 0) is 22.0 Å². The Morgan fingerprint density at radius 3 is 2.76 bits per heavy atom. The van der Waals surface area contributed by atoms with E-state index in [0.717, 1.165) is 17.8 Å². The molecule has 1 aliphatic rings. The highest BCUT2D eigenvalue weighted by molar-refractivity contribution is 7.87. The summed E-state index contributed by atoms with van der Waals surface area (Å²) in [6.45, 7) is 1.32. The maximum absolute atomic E-state index is 11.8. The first-order valence-corrected chi connectivity index (χ1v) is 7.19. The molecule has 1 atom stereocenters. The number of thiophene rings is 1. The largest absolute Gasteiger partial charge is 0.478 e. The minimum atomic E-state index is -1.13. The van der Waals surface area contributed by atoms with E-state index in [2.05, 4.69) is 5.32 Å². The number of carboxylic acid groups (broad SMARTS) is 1. The summed E-state index contributed by atoms with van der Waals surface area (Å²) >= 11 is 1.11. The van der Waals surface area contributed by atoms with E-state index >= 15 is 0 Å². The summed E-state index contributed by atoms with van der Waals surface area (Å²) < 4.78 is 12.4. The Kier molecular flexibility index (Phi) is 3.30. The maximum Gasteiger partial charge on any atom is 0.339 e. The molecule has 0 spiro atoms. The highest BCUT2D eigenvalue weighted by atomic mass is 32.2. The van der Waals surface area contributed by atoms with Crippen LogP contribution in [0, 0.1) is 0 Å². The van der Waals surface area contributed by atoms with Crippen LogP contribution in [0.1, 0.15) is 29.3 Å². The molecule has 17 heavy (non-hydrogen) atoms. The monoisotopic (exact) mass is 273 g/mol. The van der Waals surface area contributed by atoms with E-state index in [1.54, 1.807) is 0 Å². The fourth-order valence-corrected chi connectivity index (χ4v) is 4.76. The molecule has 1 aliphatic heterocycles. The quantitative estimate of drug-likeness (QED) is 0.854. The van der Waals surface area contributed by atoms with Gasteiger partial charge in [-0.05, 0) is 18.4 Å². The Bertz CT molecular complexity index is 521. The molecule has 1 amide bonds. The fourth-order valence-electron chi connectivity index (χ4n) is 1.80. The van der Waals surface area contributed by atoms with Gasteiger partial charge in [-0.25, -0.2) is 4.79 Å². The van der Waals surface area contributed by atoms with Crippen molar-refractivity contribution in [3.63, 3.8) is 0 Å². The van der Waals surface area contributed by atoms with Gasteiger partial charge < -0.3 is 10.4 Å². The van der Waals surface area contributed by atoms with Gasteiger partial charge in [0.1, 0.15) is 5.00 Å². The Morgan fingerprint density at radius 2 is 2.18 bits per heavy atom. The smallest absolute Gasteiger partial charge is 0.339 e. The minimum absolute atomic E-state index is 0.105. The molecule has 92 valence electrons. The molecule has 1 aromatic rings. The molecule has 7 heteroatoms. The molecule has 2 heterocycles. The van der Waals surface area contributed by atoms with Crippen LogP contribution in [0.5, 0.6) is 0 Å². The first-order valence-electron chi connectivity index (χ1n) is 5.05. The first-order chi connectivity index (χ1) is 8.00. The summed E-state index contributed by atoms with van der Waals surface area (Å²) in [5.41, 5.74) is 0.726. The van der Waals surface area contributed by atoms with E-state index in [4.69, 9.17) is 5.11 Å². The summed E-state index contributed by atoms with van der Waals surface area (Å²) in [6, 6.07) is 0. The van der Waals surface area contributed by atoms with Crippen molar-refractivity contribution in [3.05, 3.63) is 11.1 Å². The van der Waals surface area contributed by atoms with Gasteiger partial charge in [0, 0.05) is 12.7 Å². The maximum atomic E-state index is 11.8.